The van der Waals surface area contributed by atoms with Gasteiger partial charge in [-0.3, -0.25) is 4.79 Å². The van der Waals surface area contributed by atoms with E-state index in [-0.39, 0.29) is 5.54 Å². The van der Waals surface area contributed by atoms with Gasteiger partial charge in [0.1, 0.15) is 5.60 Å². The van der Waals surface area contributed by atoms with Crippen LogP contribution in [0.3, 0.4) is 0 Å². The van der Waals surface area contributed by atoms with Crippen LogP contribution in [-0.4, -0.2) is 23.5 Å². The first kappa shape index (κ1) is 15.8. The van der Waals surface area contributed by atoms with Gasteiger partial charge in [-0.25, -0.2) is 4.79 Å². The lowest BCUT2D eigenvalue weighted by molar-refractivity contribution is 0.0496. The van der Waals surface area contributed by atoms with Gasteiger partial charge in [0, 0.05) is 11.1 Å². The summed E-state index contributed by atoms with van der Waals surface area (Å²) in [5, 5.41) is 3.39. The van der Waals surface area contributed by atoms with Gasteiger partial charge in [0.25, 0.3) is 0 Å². The number of hydrogen-bond donors (Lipinski definition) is 1. The Hall–Kier alpha value is -1.55. The monoisotopic (exact) mass is 309 g/mol. The van der Waals surface area contributed by atoms with Crippen LogP contribution in [-0.2, 0) is 11.2 Å². The number of aldehydes is 1. The first-order chi connectivity index (χ1) is 9.73. The molecule has 1 aromatic rings. The highest BCUT2D eigenvalue weighted by molar-refractivity contribution is 6.32. The van der Waals surface area contributed by atoms with E-state index in [0.717, 1.165) is 24.7 Å². The molecular weight excluding hydrogens is 290 g/mol. The highest BCUT2D eigenvalue weighted by Gasteiger charge is 2.44. The van der Waals surface area contributed by atoms with Crippen molar-refractivity contribution >= 4 is 24.0 Å². The van der Waals surface area contributed by atoms with Crippen LogP contribution in [0.5, 0.6) is 0 Å². The molecule has 0 heterocycles. The van der Waals surface area contributed by atoms with Crippen molar-refractivity contribution in [2.75, 3.05) is 0 Å². The van der Waals surface area contributed by atoms with Gasteiger partial charge in [0.15, 0.2) is 6.29 Å². The fourth-order valence-electron chi connectivity index (χ4n) is 2.20. The minimum atomic E-state index is -0.509. The molecule has 0 aliphatic heterocycles. The summed E-state index contributed by atoms with van der Waals surface area (Å²) in [6, 6.07) is 5.36. The van der Waals surface area contributed by atoms with E-state index in [9.17, 15) is 9.59 Å². The van der Waals surface area contributed by atoms with Crippen LogP contribution in [0.15, 0.2) is 18.2 Å². The molecule has 1 aliphatic rings. The van der Waals surface area contributed by atoms with Gasteiger partial charge >= 0.3 is 6.09 Å². The first-order valence-electron chi connectivity index (χ1n) is 6.98. The van der Waals surface area contributed by atoms with Crippen LogP contribution >= 0.6 is 11.6 Å². The van der Waals surface area contributed by atoms with Crippen molar-refractivity contribution < 1.29 is 14.3 Å². The van der Waals surface area contributed by atoms with Gasteiger partial charge in [-0.05, 0) is 57.7 Å². The zero-order valence-electron chi connectivity index (χ0n) is 12.5. The Kier molecular flexibility index (Phi) is 4.28. The maximum atomic E-state index is 11.9. The van der Waals surface area contributed by atoms with Gasteiger partial charge in [-0.2, -0.15) is 0 Å². The molecule has 1 aliphatic carbocycles. The van der Waals surface area contributed by atoms with Crippen molar-refractivity contribution in [3.05, 3.63) is 34.3 Å². The number of ether oxygens (including phenoxy) is 1. The van der Waals surface area contributed by atoms with E-state index >= 15 is 0 Å². The number of benzene rings is 1. The molecule has 0 aromatic heterocycles. The van der Waals surface area contributed by atoms with Crippen LogP contribution in [0.25, 0.3) is 0 Å². The maximum Gasteiger partial charge on any atom is 0.408 e. The molecule has 2 rings (SSSR count). The lowest BCUT2D eigenvalue weighted by Gasteiger charge is -2.23. The molecule has 0 saturated heterocycles. The summed E-state index contributed by atoms with van der Waals surface area (Å²) in [5.74, 6) is 0. The van der Waals surface area contributed by atoms with Crippen molar-refractivity contribution in [3.8, 4) is 0 Å². The van der Waals surface area contributed by atoms with E-state index in [0.29, 0.717) is 17.0 Å². The molecule has 114 valence electrons. The number of nitrogens with one attached hydrogen (secondary N) is 1. The molecule has 1 fully saturated rings. The number of carbonyl (C=O) groups is 2. The highest BCUT2D eigenvalue weighted by atomic mass is 35.5. The van der Waals surface area contributed by atoms with E-state index in [4.69, 9.17) is 16.3 Å². The summed E-state index contributed by atoms with van der Waals surface area (Å²) in [5.41, 5.74) is 0.693. The van der Waals surface area contributed by atoms with Crippen molar-refractivity contribution in [3.63, 3.8) is 0 Å². The van der Waals surface area contributed by atoms with Crippen LogP contribution in [0.4, 0.5) is 4.79 Å². The Morgan fingerprint density at radius 3 is 2.62 bits per heavy atom. The summed E-state index contributed by atoms with van der Waals surface area (Å²) < 4.78 is 5.29. The van der Waals surface area contributed by atoms with Crippen molar-refractivity contribution in [1.29, 1.82) is 0 Å². The van der Waals surface area contributed by atoms with E-state index < -0.39 is 11.7 Å². The van der Waals surface area contributed by atoms with Crippen LogP contribution in [0, 0.1) is 0 Å². The zero-order valence-corrected chi connectivity index (χ0v) is 13.3. The van der Waals surface area contributed by atoms with E-state index in [1.54, 1.807) is 12.1 Å². The summed E-state index contributed by atoms with van der Waals surface area (Å²) in [6.07, 6.45) is 2.83. The molecule has 1 aromatic carbocycles. The minimum Gasteiger partial charge on any atom is -0.444 e. The molecule has 0 radical (unpaired) electrons. The number of halogens is 1. The third-order valence-corrected chi connectivity index (χ3v) is 3.69. The molecule has 1 N–H and O–H groups in total. The van der Waals surface area contributed by atoms with Crippen LogP contribution in [0.2, 0.25) is 5.02 Å². The quantitative estimate of drug-likeness (QED) is 0.862. The minimum absolute atomic E-state index is 0.254. The van der Waals surface area contributed by atoms with Gasteiger partial charge in [0.2, 0.25) is 0 Å². The van der Waals surface area contributed by atoms with Gasteiger partial charge in [-0.15, -0.1) is 0 Å². The molecule has 0 bridgehead atoms. The van der Waals surface area contributed by atoms with Gasteiger partial charge in [-0.1, -0.05) is 17.7 Å². The average Bonchev–Trinajstić information content (AvgIpc) is 3.08. The van der Waals surface area contributed by atoms with E-state index in [2.05, 4.69) is 5.32 Å². The lowest BCUT2D eigenvalue weighted by atomic mass is 10.0. The summed E-state index contributed by atoms with van der Waals surface area (Å²) in [6.45, 7) is 5.51. The average molecular weight is 310 g/mol. The number of amides is 1. The molecular formula is C16H20ClNO3. The van der Waals surface area contributed by atoms with Crippen molar-refractivity contribution in [1.82, 2.24) is 5.32 Å². The second kappa shape index (κ2) is 5.68. The number of carbonyl (C=O) groups excluding carboxylic acids is 2. The van der Waals surface area contributed by atoms with E-state index in [1.807, 2.05) is 26.8 Å². The smallest absolute Gasteiger partial charge is 0.408 e. The lowest BCUT2D eigenvalue weighted by Crippen LogP contribution is -2.41. The maximum absolute atomic E-state index is 11.9. The topological polar surface area (TPSA) is 55.4 Å². The van der Waals surface area contributed by atoms with Crippen LogP contribution in [0.1, 0.15) is 49.5 Å². The van der Waals surface area contributed by atoms with Crippen LogP contribution < -0.4 is 5.32 Å². The largest absolute Gasteiger partial charge is 0.444 e. The Morgan fingerprint density at radius 2 is 2.10 bits per heavy atom. The molecule has 21 heavy (non-hydrogen) atoms. The highest BCUT2D eigenvalue weighted by Crippen LogP contribution is 2.39. The summed E-state index contributed by atoms with van der Waals surface area (Å²) in [7, 11) is 0. The van der Waals surface area contributed by atoms with Crippen molar-refractivity contribution in [2.45, 2.75) is 51.2 Å². The molecule has 1 amide bonds. The van der Waals surface area contributed by atoms with Gasteiger partial charge in [0.05, 0.1) is 5.02 Å². The standard InChI is InChI=1S/C16H20ClNO3/c1-15(2,3)21-14(20)18-16(6-7-16)9-11-4-5-13(17)12(8-11)10-19/h4-5,8,10H,6-7,9H2,1-3H3,(H,18,20). The predicted octanol–water partition coefficient (Wildman–Crippen LogP) is 3.75. The summed E-state index contributed by atoms with van der Waals surface area (Å²) in [4.78, 5) is 22.8. The Bertz CT molecular complexity index is 559. The Labute approximate surface area is 129 Å². The Balaban J connectivity index is 2.02. The number of alkyl carbamates (subject to hydrolysis) is 1. The number of hydrogen-bond acceptors (Lipinski definition) is 3. The zero-order chi connectivity index (χ0) is 15.7. The fraction of sp³-hybridized carbons (Fsp3) is 0.500. The summed E-state index contributed by atoms with van der Waals surface area (Å²) >= 11 is 5.92. The Morgan fingerprint density at radius 1 is 1.43 bits per heavy atom. The molecule has 1 saturated carbocycles. The molecule has 0 spiro atoms. The molecule has 0 atom stereocenters. The number of rotatable bonds is 4. The van der Waals surface area contributed by atoms with Crippen molar-refractivity contribution in [2.24, 2.45) is 0 Å². The van der Waals surface area contributed by atoms with Gasteiger partial charge < -0.3 is 10.1 Å². The normalized spacial score (nSPS) is 16.2. The second-order valence-corrected chi connectivity index (χ2v) is 6.96. The molecule has 5 heteroatoms. The molecule has 0 unspecified atom stereocenters. The molecule has 4 nitrogen and oxygen atoms in total. The SMILES string of the molecule is CC(C)(C)OC(=O)NC1(Cc2ccc(Cl)c(C=O)c2)CC1. The third kappa shape index (κ3) is 4.46. The van der Waals surface area contributed by atoms with E-state index in [1.165, 1.54) is 0 Å². The first-order valence-corrected chi connectivity index (χ1v) is 7.36. The second-order valence-electron chi connectivity index (χ2n) is 6.56. The predicted molar refractivity (Wildman–Crippen MR) is 81.9 cm³/mol. The fourth-order valence-corrected chi connectivity index (χ4v) is 2.36. The third-order valence-electron chi connectivity index (χ3n) is 3.35.